The van der Waals surface area contributed by atoms with E-state index in [1.165, 1.54) is 13.0 Å². The first-order chi connectivity index (χ1) is 14.8. The number of carbonyl (C=O) groups excluding carboxylic acids is 3. The number of hydrogen-bond donors (Lipinski definition) is 2. The summed E-state index contributed by atoms with van der Waals surface area (Å²) in [5.41, 5.74) is -0.116. The topological polar surface area (TPSA) is 116 Å². The van der Waals surface area contributed by atoms with Gasteiger partial charge in [-0.1, -0.05) is 19.1 Å². The fourth-order valence-corrected chi connectivity index (χ4v) is 5.33. The number of sulfonamides is 1. The van der Waals surface area contributed by atoms with E-state index in [1.807, 2.05) is 0 Å². The van der Waals surface area contributed by atoms with Gasteiger partial charge in [0.25, 0.3) is 5.91 Å². The van der Waals surface area contributed by atoms with Crippen LogP contribution in [0.2, 0.25) is 0 Å². The maximum atomic E-state index is 13.3. The molecule has 0 aromatic heterocycles. The zero-order valence-electron chi connectivity index (χ0n) is 17.4. The first-order valence-electron chi connectivity index (χ1n) is 9.95. The Hall–Kier alpha value is -2.67. The van der Waals surface area contributed by atoms with Gasteiger partial charge in [0.15, 0.2) is 0 Å². The molecule has 176 valence electrons. The summed E-state index contributed by atoms with van der Waals surface area (Å²) in [5.74, 6) is -1.96. The molecule has 0 saturated carbocycles. The lowest BCUT2D eigenvalue weighted by molar-refractivity contribution is -0.141. The predicted octanol–water partition coefficient (Wildman–Crippen LogP) is 1.86. The molecule has 0 spiro atoms. The number of hydrogen-bond acceptors (Lipinski definition) is 5. The number of urea groups is 1. The molecule has 1 aromatic rings. The number of halogens is 3. The summed E-state index contributed by atoms with van der Waals surface area (Å²) in [6, 6.07) is 3.16. The number of alkyl halides is 3. The molecule has 2 aliphatic rings. The Morgan fingerprint density at radius 3 is 2.34 bits per heavy atom. The average molecular weight is 476 g/mol. The van der Waals surface area contributed by atoms with Gasteiger partial charge in [-0.15, -0.1) is 0 Å². The van der Waals surface area contributed by atoms with E-state index in [0.29, 0.717) is 17.5 Å². The van der Waals surface area contributed by atoms with E-state index < -0.39 is 56.0 Å². The standard InChI is InChI=1S/C19H23F3N4O5S/c1-3-18(2)16(28)26(17(29)23-18)24-15(27)12-8-10-25(11-9-12)32(30,31)14-7-5-4-6-13(14)19(20,21)22/h4-7,12H,3,8-11H2,1-2H3,(H,23,29)(H,24,27). The SMILES string of the molecule is CCC1(C)NC(=O)N(NC(=O)C2CCN(S(=O)(=O)c3ccccc3C(F)(F)F)CC2)C1=O. The summed E-state index contributed by atoms with van der Waals surface area (Å²) in [6.07, 6.45) is -4.47. The lowest BCUT2D eigenvalue weighted by Gasteiger charge is -2.31. The number of carbonyl (C=O) groups is 3. The van der Waals surface area contributed by atoms with Crippen LogP contribution in [0.3, 0.4) is 0 Å². The highest BCUT2D eigenvalue weighted by atomic mass is 32.2. The smallest absolute Gasteiger partial charge is 0.322 e. The van der Waals surface area contributed by atoms with Gasteiger partial charge in [0.05, 0.1) is 10.5 Å². The van der Waals surface area contributed by atoms with Crippen LogP contribution in [0.1, 0.15) is 38.7 Å². The van der Waals surface area contributed by atoms with Crippen molar-refractivity contribution < 1.29 is 36.0 Å². The summed E-state index contributed by atoms with van der Waals surface area (Å²) in [6.45, 7) is 2.87. The Kier molecular flexibility index (Phi) is 6.26. The highest BCUT2D eigenvalue weighted by Gasteiger charge is 2.48. The molecule has 2 saturated heterocycles. The number of nitrogens with zero attached hydrogens (tertiary/aromatic N) is 2. The van der Waals surface area contributed by atoms with E-state index in [1.54, 1.807) is 6.92 Å². The van der Waals surface area contributed by atoms with Gasteiger partial charge in [0.1, 0.15) is 5.54 Å². The van der Waals surface area contributed by atoms with Crippen molar-refractivity contribution in [3.8, 4) is 0 Å². The molecule has 2 fully saturated rings. The molecule has 13 heteroatoms. The van der Waals surface area contributed by atoms with Crippen LogP contribution in [0.25, 0.3) is 0 Å². The molecule has 1 atom stereocenters. The van der Waals surface area contributed by atoms with Crippen LogP contribution in [-0.4, -0.2) is 54.2 Å². The number of imide groups is 1. The molecule has 2 N–H and O–H groups in total. The van der Waals surface area contributed by atoms with Crippen molar-refractivity contribution in [2.24, 2.45) is 5.92 Å². The molecule has 1 unspecified atom stereocenters. The Morgan fingerprint density at radius 1 is 1.22 bits per heavy atom. The van der Waals surface area contributed by atoms with Gasteiger partial charge in [-0.2, -0.15) is 22.5 Å². The summed E-state index contributed by atoms with van der Waals surface area (Å²) >= 11 is 0. The Morgan fingerprint density at radius 2 is 1.81 bits per heavy atom. The van der Waals surface area contributed by atoms with E-state index >= 15 is 0 Å². The van der Waals surface area contributed by atoms with E-state index in [2.05, 4.69) is 10.7 Å². The van der Waals surface area contributed by atoms with Crippen molar-refractivity contribution in [1.82, 2.24) is 20.1 Å². The predicted molar refractivity (Wildman–Crippen MR) is 105 cm³/mol. The molecule has 2 heterocycles. The van der Waals surface area contributed by atoms with Gasteiger partial charge >= 0.3 is 12.2 Å². The molecule has 9 nitrogen and oxygen atoms in total. The van der Waals surface area contributed by atoms with Gasteiger partial charge in [0, 0.05) is 19.0 Å². The van der Waals surface area contributed by atoms with Crippen LogP contribution in [0.15, 0.2) is 29.2 Å². The highest BCUT2D eigenvalue weighted by molar-refractivity contribution is 7.89. The molecule has 0 aliphatic carbocycles. The second-order valence-corrected chi connectivity index (χ2v) is 9.81. The molecule has 0 radical (unpaired) electrons. The molecule has 32 heavy (non-hydrogen) atoms. The summed E-state index contributed by atoms with van der Waals surface area (Å²) < 4.78 is 66.3. The summed E-state index contributed by atoms with van der Waals surface area (Å²) in [4.78, 5) is 36.1. The third kappa shape index (κ3) is 4.31. The first-order valence-corrected chi connectivity index (χ1v) is 11.4. The average Bonchev–Trinajstić information content (AvgIpc) is 2.96. The van der Waals surface area contributed by atoms with Gasteiger partial charge in [-0.05, 0) is 38.3 Å². The van der Waals surface area contributed by atoms with Crippen molar-refractivity contribution in [1.29, 1.82) is 0 Å². The van der Waals surface area contributed by atoms with Crippen LogP contribution in [-0.2, 0) is 25.8 Å². The molecule has 3 rings (SSSR count). The van der Waals surface area contributed by atoms with E-state index in [-0.39, 0.29) is 25.9 Å². The lowest BCUT2D eigenvalue weighted by Crippen LogP contribution is -2.51. The second kappa shape index (κ2) is 8.35. The fraction of sp³-hybridized carbons (Fsp3) is 0.526. The Labute approximate surface area is 182 Å². The molecule has 4 amide bonds. The van der Waals surface area contributed by atoms with Crippen molar-refractivity contribution >= 4 is 27.9 Å². The number of nitrogens with one attached hydrogen (secondary N) is 2. The van der Waals surface area contributed by atoms with Crippen molar-refractivity contribution in [3.05, 3.63) is 29.8 Å². The van der Waals surface area contributed by atoms with Crippen LogP contribution in [0.4, 0.5) is 18.0 Å². The van der Waals surface area contributed by atoms with Gasteiger partial charge in [-0.25, -0.2) is 13.2 Å². The van der Waals surface area contributed by atoms with Gasteiger partial charge in [-0.3, -0.25) is 15.0 Å². The zero-order valence-corrected chi connectivity index (χ0v) is 18.2. The number of amides is 4. The van der Waals surface area contributed by atoms with E-state index in [4.69, 9.17) is 0 Å². The minimum Gasteiger partial charge on any atom is -0.322 e. The third-order valence-electron chi connectivity index (χ3n) is 5.83. The van der Waals surface area contributed by atoms with Gasteiger partial charge in [0.2, 0.25) is 15.9 Å². The summed E-state index contributed by atoms with van der Waals surface area (Å²) in [7, 11) is -4.43. The zero-order chi connectivity index (χ0) is 23.9. The fourth-order valence-electron chi connectivity index (χ4n) is 3.65. The van der Waals surface area contributed by atoms with Crippen LogP contribution in [0.5, 0.6) is 0 Å². The Bertz CT molecular complexity index is 1040. The monoisotopic (exact) mass is 476 g/mol. The van der Waals surface area contributed by atoms with E-state index in [0.717, 1.165) is 16.4 Å². The molecule has 0 bridgehead atoms. The maximum Gasteiger partial charge on any atom is 0.417 e. The maximum absolute atomic E-state index is 13.3. The number of hydrazine groups is 1. The quantitative estimate of drug-likeness (QED) is 0.630. The molecular weight excluding hydrogens is 453 g/mol. The minimum atomic E-state index is -4.84. The van der Waals surface area contributed by atoms with Crippen LogP contribution in [0, 0.1) is 5.92 Å². The minimum absolute atomic E-state index is 0.0218. The summed E-state index contributed by atoms with van der Waals surface area (Å²) in [5, 5.41) is 3.10. The third-order valence-corrected chi connectivity index (χ3v) is 7.78. The molecular formula is C19H23F3N4O5S. The first kappa shape index (κ1) is 24.0. The second-order valence-electron chi connectivity index (χ2n) is 7.90. The normalized spacial score (nSPS) is 23.3. The molecule has 2 aliphatic heterocycles. The number of piperidine rings is 1. The number of benzene rings is 1. The highest BCUT2D eigenvalue weighted by Crippen LogP contribution is 2.36. The van der Waals surface area contributed by atoms with Crippen LogP contribution < -0.4 is 10.7 Å². The number of rotatable bonds is 5. The van der Waals surface area contributed by atoms with Crippen molar-refractivity contribution in [2.45, 2.75) is 49.7 Å². The van der Waals surface area contributed by atoms with Crippen LogP contribution >= 0.6 is 0 Å². The van der Waals surface area contributed by atoms with Gasteiger partial charge < -0.3 is 5.32 Å². The van der Waals surface area contributed by atoms with Crippen molar-refractivity contribution in [2.75, 3.05) is 13.1 Å². The molecule has 1 aromatic carbocycles. The van der Waals surface area contributed by atoms with Crippen molar-refractivity contribution in [3.63, 3.8) is 0 Å². The largest absolute Gasteiger partial charge is 0.417 e. The lowest BCUT2D eigenvalue weighted by atomic mass is 9.97. The van der Waals surface area contributed by atoms with E-state index in [9.17, 15) is 36.0 Å². The Balaban J connectivity index is 1.67.